The van der Waals surface area contributed by atoms with Crippen LogP contribution in [0.5, 0.6) is 5.75 Å². The molecule has 1 heterocycles. The van der Waals surface area contributed by atoms with Crippen LogP contribution >= 0.6 is 0 Å². The fraction of sp³-hybridized carbons (Fsp3) is 0.625. The second-order valence-electron chi connectivity index (χ2n) is 5.91. The van der Waals surface area contributed by atoms with Crippen molar-refractivity contribution >= 4 is 0 Å². The van der Waals surface area contributed by atoms with Crippen LogP contribution in [0.4, 0.5) is 0 Å². The SMILES string of the molecule is CC1CC(C)CN(CCOc2cccc(CN)c2)C1. The van der Waals surface area contributed by atoms with Crippen molar-refractivity contribution in [2.45, 2.75) is 26.8 Å². The van der Waals surface area contributed by atoms with Gasteiger partial charge in [-0.05, 0) is 36.0 Å². The summed E-state index contributed by atoms with van der Waals surface area (Å²) in [6.07, 6.45) is 1.36. The molecule has 0 spiro atoms. The molecule has 0 aromatic heterocycles. The molecule has 0 bridgehead atoms. The topological polar surface area (TPSA) is 38.5 Å². The number of benzene rings is 1. The molecular weight excluding hydrogens is 236 g/mol. The zero-order valence-electron chi connectivity index (χ0n) is 12.1. The number of nitrogens with zero attached hydrogens (tertiary/aromatic N) is 1. The summed E-state index contributed by atoms with van der Waals surface area (Å²) in [5.41, 5.74) is 6.75. The Labute approximate surface area is 116 Å². The van der Waals surface area contributed by atoms with Crippen molar-refractivity contribution in [1.82, 2.24) is 4.90 Å². The van der Waals surface area contributed by atoms with Gasteiger partial charge in [0.2, 0.25) is 0 Å². The highest BCUT2D eigenvalue weighted by atomic mass is 16.5. The van der Waals surface area contributed by atoms with E-state index in [1.54, 1.807) is 0 Å². The molecule has 2 unspecified atom stereocenters. The third kappa shape index (κ3) is 4.51. The monoisotopic (exact) mass is 262 g/mol. The second-order valence-corrected chi connectivity index (χ2v) is 5.91. The number of ether oxygens (including phenoxy) is 1. The molecule has 19 heavy (non-hydrogen) atoms. The lowest BCUT2D eigenvalue weighted by Crippen LogP contribution is -2.40. The maximum absolute atomic E-state index is 5.82. The third-order valence-electron chi connectivity index (χ3n) is 3.75. The smallest absolute Gasteiger partial charge is 0.119 e. The van der Waals surface area contributed by atoms with Crippen molar-refractivity contribution in [3.8, 4) is 5.75 Å². The normalized spacial score (nSPS) is 24.4. The van der Waals surface area contributed by atoms with Crippen LogP contribution in [0.25, 0.3) is 0 Å². The van der Waals surface area contributed by atoms with Gasteiger partial charge in [-0.3, -0.25) is 4.90 Å². The lowest BCUT2D eigenvalue weighted by Gasteiger charge is -2.34. The van der Waals surface area contributed by atoms with E-state index in [9.17, 15) is 0 Å². The average molecular weight is 262 g/mol. The summed E-state index contributed by atoms with van der Waals surface area (Å²) >= 11 is 0. The predicted octanol–water partition coefficient (Wildman–Crippen LogP) is 2.50. The van der Waals surface area contributed by atoms with E-state index in [-0.39, 0.29) is 0 Å². The zero-order valence-corrected chi connectivity index (χ0v) is 12.1. The molecule has 2 atom stereocenters. The van der Waals surface area contributed by atoms with Crippen LogP contribution in [0.1, 0.15) is 25.8 Å². The Morgan fingerprint density at radius 3 is 2.68 bits per heavy atom. The van der Waals surface area contributed by atoms with Gasteiger partial charge in [0.1, 0.15) is 12.4 Å². The Bertz CT molecular complexity index is 384. The minimum absolute atomic E-state index is 0.568. The molecule has 1 aromatic rings. The van der Waals surface area contributed by atoms with Crippen LogP contribution in [0.15, 0.2) is 24.3 Å². The lowest BCUT2D eigenvalue weighted by molar-refractivity contribution is 0.120. The number of nitrogens with two attached hydrogens (primary N) is 1. The van der Waals surface area contributed by atoms with Crippen molar-refractivity contribution < 1.29 is 4.74 Å². The van der Waals surface area contributed by atoms with Gasteiger partial charge in [-0.2, -0.15) is 0 Å². The summed E-state index contributed by atoms with van der Waals surface area (Å²) in [7, 11) is 0. The van der Waals surface area contributed by atoms with Gasteiger partial charge in [-0.1, -0.05) is 26.0 Å². The van der Waals surface area contributed by atoms with Crippen LogP contribution in [0, 0.1) is 11.8 Å². The Balaban J connectivity index is 1.76. The molecule has 1 fully saturated rings. The third-order valence-corrected chi connectivity index (χ3v) is 3.75. The van der Waals surface area contributed by atoms with Gasteiger partial charge in [0, 0.05) is 26.2 Å². The van der Waals surface area contributed by atoms with E-state index >= 15 is 0 Å². The Morgan fingerprint density at radius 2 is 2.00 bits per heavy atom. The molecule has 106 valence electrons. The van der Waals surface area contributed by atoms with E-state index in [1.807, 2.05) is 24.3 Å². The van der Waals surface area contributed by atoms with E-state index in [4.69, 9.17) is 10.5 Å². The lowest BCUT2D eigenvalue weighted by atomic mass is 9.92. The highest BCUT2D eigenvalue weighted by molar-refractivity contribution is 5.28. The van der Waals surface area contributed by atoms with E-state index in [2.05, 4.69) is 18.7 Å². The molecule has 1 aromatic carbocycles. The molecule has 2 N–H and O–H groups in total. The van der Waals surface area contributed by atoms with Gasteiger partial charge >= 0.3 is 0 Å². The van der Waals surface area contributed by atoms with Gasteiger partial charge in [-0.25, -0.2) is 0 Å². The van der Waals surface area contributed by atoms with Gasteiger partial charge in [0.25, 0.3) is 0 Å². The van der Waals surface area contributed by atoms with Gasteiger partial charge in [0.05, 0.1) is 0 Å². The van der Waals surface area contributed by atoms with Crippen LogP contribution in [0.3, 0.4) is 0 Å². The molecule has 3 nitrogen and oxygen atoms in total. The maximum atomic E-state index is 5.82. The van der Waals surface area contributed by atoms with Crippen molar-refractivity contribution in [3.63, 3.8) is 0 Å². The van der Waals surface area contributed by atoms with Crippen molar-refractivity contribution in [2.75, 3.05) is 26.2 Å². The van der Waals surface area contributed by atoms with Gasteiger partial charge < -0.3 is 10.5 Å². The largest absolute Gasteiger partial charge is 0.492 e. The second kappa shape index (κ2) is 6.92. The zero-order chi connectivity index (χ0) is 13.7. The van der Waals surface area contributed by atoms with Crippen LogP contribution < -0.4 is 10.5 Å². The Kier molecular flexibility index (Phi) is 5.23. The number of hydrogen-bond acceptors (Lipinski definition) is 3. The van der Waals surface area contributed by atoms with Crippen molar-refractivity contribution in [3.05, 3.63) is 29.8 Å². The first-order valence-electron chi connectivity index (χ1n) is 7.31. The number of piperidine rings is 1. The van der Waals surface area contributed by atoms with Crippen molar-refractivity contribution in [2.24, 2.45) is 17.6 Å². The molecule has 0 radical (unpaired) electrons. The first-order valence-corrected chi connectivity index (χ1v) is 7.31. The first-order chi connectivity index (χ1) is 9.17. The Hall–Kier alpha value is -1.06. The molecule has 1 aliphatic rings. The predicted molar refractivity (Wildman–Crippen MR) is 79.2 cm³/mol. The molecule has 1 aliphatic heterocycles. The molecule has 0 amide bonds. The molecule has 0 aliphatic carbocycles. The first kappa shape index (κ1) is 14.4. The summed E-state index contributed by atoms with van der Waals surface area (Å²) < 4.78 is 5.82. The minimum Gasteiger partial charge on any atom is -0.492 e. The fourth-order valence-electron chi connectivity index (χ4n) is 3.03. The molecule has 1 saturated heterocycles. The highest BCUT2D eigenvalue weighted by Gasteiger charge is 2.21. The van der Waals surface area contributed by atoms with Crippen LogP contribution in [0.2, 0.25) is 0 Å². The summed E-state index contributed by atoms with van der Waals surface area (Å²) in [4.78, 5) is 2.52. The molecular formula is C16H26N2O. The van der Waals surface area contributed by atoms with E-state index in [0.29, 0.717) is 6.54 Å². The molecule has 2 rings (SSSR count). The average Bonchev–Trinajstić information content (AvgIpc) is 2.38. The maximum Gasteiger partial charge on any atom is 0.119 e. The van der Waals surface area contributed by atoms with E-state index < -0.39 is 0 Å². The summed E-state index contributed by atoms with van der Waals surface area (Å²) in [5.74, 6) is 2.55. The van der Waals surface area contributed by atoms with Crippen LogP contribution in [-0.2, 0) is 6.54 Å². The van der Waals surface area contributed by atoms with Crippen molar-refractivity contribution in [1.29, 1.82) is 0 Å². The van der Waals surface area contributed by atoms with E-state index in [1.165, 1.54) is 19.5 Å². The standard InChI is InChI=1S/C16H26N2O/c1-13-8-14(2)12-18(11-13)6-7-19-16-5-3-4-15(9-16)10-17/h3-5,9,13-14H,6-8,10-12,17H2,1-2H3. The number of likely N-dealkylation sites (tertiary alicyclic amines) is 1. The highest BCUT2D eigenvalue weighted by Crippen LogP contribution is 2.20. The quantitative estimate of drug-likeness (QED) is 0.886. The number of hydrogen-bond donors (Lipinski definition) is 1. The molecule has 0 saturated carbocycles. The fourth-order valence-corrected chi connectivity index (χ4v) is 3.03. The summed E-state index contributed by atoms with van der Waals surface area (Å²) in [6, 6.07) is 8.06. The summed E-state index contributed by atoms with van der Waals surface area (Å²) in [6.45, 7) is 9.43. The number of rotatable bonds is 5. The molecule has 3 heteroatoms. The van der Waals surface area contributed by atoms with Crippen LogP contribution in [-0.4, -0.2) is 31.1 Å². The van der Waals surface area contributed by atoms with Gasteiger partial charge in [-0.15, -0.1) is 0 Å². The summed E-state index contributed by atoms with van der Waals surface area (Å²) in [5, 5.41) is 0. The minimum atomic E-state index is 0.568. The Morgan fingerprint density at radius 1 is 1.26 bits per heavy atom. The van der Waals surface area contributed by atoms with E-state index in [0.717, 1.165) is 36.3 Å². The van der Waals surface area contributed by atoms with Gasteiger partial charge in [0.15, 0.2) is 0 Å².